The lowest BCUT2D eigenvalue weighted by molar-refractivity contribution is -0.290. The number of phenolic OH excluding ortho intramolecular Hbond substituents is 5. The molecular weight excluding hydrogens is 552 g/mol. The first kappa shape index (κ1) is 25.1. The predicted molar refractivity (Wildman–Crippen MR) is 140 cm³/mol. The van der Waals surface area contributed by atoms with Gasteiger partial charge in [-0.1, -0.05) is 6.07 Å². The van der Waals surface area contributed by atoms with Crippen molar-refractivity contribution in [1.29, 1.82) is 0 Å². The largest absolute Gasteiger partial charge is 0.508 e. The van der Waals surface area contributed by atoms with Gasteiger partial charge in [0.15, 0.2) is 23.2 Å². The predicted octanol–water partition coefficient (Wildman–Crippen LogP) is 1.83. The summed E-state index contributed by atoms with van der Waals surface area (Å²) >= 11 is 0. The molecule has 3 aromatic rings. The van der Waals surface area contributed by atoms with Crippen LogP contribution in [0.4, 0.5) is 0 Å². The van der Waals surface area contributed by atoms with Crippen molar-refractivity contribution in [3.63, 3.8) is 0 Å². The Balaban J connectivity index is 1.28. The minimum atomic E-state index is -2.26. The van der Waals surface area contributed by atoms with Crippen LogP contribution in [0, 0.1) is 0 Å². The number of carbonyl (C=O) groups is 1. The Morgan fingerprint density at radius 2 is 1.62 bits per heavy atom. The SMILES string of the molecule is O=C1C=C2c3c(cc(O)c4c3O[C@H](c3ccc(O)c(O)c3)[C@@H](O)C4)O[C@@]23C[C@]1(O)O[C@@H]1Cc2c(O)cc(O)cc2O[C@H]13. The smallest absolute Gasteiger partial charge is 0.235 e. The van der Waals surface area contributed by atoms with Gasteiger partial charge in [0, 0.05) is 47.7 Å². The minimum Gasteiger partial charge on any atom is -0.508 e. The number of aliphatic hydroxyl groups excluding tert-OH is 1. The van der Waals surface area contributed by atoms with Crippen molar-refractivity contribution >= 4 is 11.4 Å². The quantitative estimate of drug-likeness (QED) is 0.208. The van der Waals surface area contributed by atoms with E-state index in [-0.39, 0.29) is 65.1 Å². The Morgan fingerprint density at radius 1 is 0.833 bits per heavy atom. The summed E-state index contributed by atoms with van der Waals surface area (Å²) in [5.74, 6) is -3.95. The molecule has 5 aliphatic rings. The van der Waals surface area contributed by atoms with Crippen LogP contribution in [0.3, 0.4) is 0 Å². The Morgan fingerprint density at radius 3 is 2.40 bits per heavy atom. The lowest BCUT2D eigenvalue weighted by Gasteiger charge is -2.53. The monoisotopic (exact) mass is 576 g/mol. The average Bonchev–Trinajstić information content (AvgIpc) is 3.22. The van der Waals surface area contributed by atoms with E-state index >= 15 is 0 Å². The fourth-order valence-corrected chi connectivity index (χ4v) is 6.94. The van der Waals surface area contributed by atoms with Gasteiger partial charge in [-0.25, -0.2) is 0 Å². The number of ketones is 1. The van der Waals surface area contributed by atoms with Crippen LogP contribution in [0.2, 0.25) is 0 Å². The number of hydrogen-bond acceptors (Lipinski definition) is 12. The Bertz CT molecular complexity index is 1760. The molecule has 1 spiro atoms. The lowest BCUT2D eigenvalue weighted by atomic mass is 9.69. The zero-order valence-electron chi connectivity index (χ0n) is 21.6. The molecule has 1 fully saturated rings. The molecule has 0 amide bonds. The Labute approximate surface area is 236 Å². The molecule has 0 unspecified atom stereocenters. The van der Waals surface area contributed by atoms with Crippen molar-refractivity contribution in [2.24, 2.45) is 0 Å². The molecule has 6 atom stereocenters. The highest BCUT2D eigenvalue weighted by Gasteiger charge is 2.69. The molecule has 0 saturated carbocycles. The van der Waals surface area contributed by atoms with E-state index in [1.54, 1.807) is 0 Å². The molecule has 4 aliphatic heterocycles. The van der Waals surface area contributed by atoms with Crippen LogP contribution in [-0.4, -0.2) is 71.2 Å². The second-order valence-electron chi connectivity index (χ2n) is 11.4. The van der Waals surface area contributed by atoms with Crippen LogP contribution >= 0.6 is 0 Å². The van der Waals surface area contributed by atoms with E-state index in [2.05, 4.69) is 0 Å². The topological polar surface area (TPSA) is 196 Å². The standard InChI is InChI=1S/C30H24O12/c31-12-4-17(33)13-7-23-28(39-21(13)5-12)29-10-30(38,42-23)24(37)8-15(29)25-22(41-29)9-18(34)14-6-20(36)26(40-27(14)25)11-1-2-16(32)19(35)3-11/h1-5,8-9,20,23,26,28,31-36,38H,6-7,10H2/t20-,23+,26+,28+,29-,30-/m0/s1. The number of aromatic hydroxyl groups is 5. The number of ether oxygens (including phenoxy) is 4. The fraction of sp³-hybridized carbons (Fsp3) is 0.300. The van der Waals surface area contributed by atoms with E-state index in [9.17, 15) is 40.5 Å². The van der Waals surface area contributed by atoms with Crippen molar-refractivity contribution in [2.45, 2.75) is 55.1 Å². The third kappa shape index (κ3) is 3.19. The maximum Gasteiger partial charge on any atom is 0.235 e. The van der Waals surface area contributed by atoms with Crippen molar-refractivity contribution in [2.75, 3.05) is 0 Å². The summed E-state index contributed by atoms with van der Waals surface area (Å²) in [4.78, 5) is 13.3. The van der Waals surface area contributed by atoms with Crippen LogP contribution in [0.25, 0.3) is 5.57 Å². The second kappa shape index (κ2) is 8.00. The molecule has 3 aromatic carbocycles. The maximum absolute atomic E-state index is 13.3. The zero-order chi connectivity index (χ0) is 29.3. The number of rotatable bonds is 1. The highest BCUT2D eigenvalue weighted by atomic mass is 16.7. The first-order valence-electron chi connectivity index (χ1n) is 13.3. The van der Waals surface area contributed by atoms with E-state index in [0.29, 0.717) is 22.3 Å². The van der Waals surface area contributed by atoms with Gasteiger partial charge in [0.2, 0.25) is 11.6 Å². The molecule has 0 aromatic heterocycles. The number of aliphatic hydroxyl groups is 2. The summed E-state index contributed by atoms with van der Waals surface area (Å²) in [5.41, 5.74) is 0.0962. The van der Waals surface area contributed by atoms with Crippen LogP contribution < -0.4 is 14.2 Å². The summed E-state index contributed by atoms with van der Waals surface area (Å²) < 4.78 is 24.9. The molecule has 7 N–H and O–H groups in total. The zero-order valence-corrected chi connectivity index (χ0v) is 21.6. The number of fused-ring (bicyclic) bond motifs is 7. The van der Waals surface area contributed by atoms with Crippen LogP contribution in [0.5, 0.6) is 46.0 Å². The highest BCUT2D eigenvalue weighted by molar-refractivity contribution is 6.08. The normalized spacial score (nSPS) is 31.7. The van der Waals surface area contributed by atoms with E-state index in [0.717, 1.165) is 6.07 Å². The van der Waals surface area contributed by atoms with Crippen LogP contribution in [0.1, 0.15) is 34.8 Å². The van der Waals surface area contributed by atoms with Gasteiger partial charge in [0.05, 0.1) is 18.1 Å². The average molecular weight is 577 g/mol. The molecule has 2 bridgehead atoms. The summed E-state index contributed by atoms with van der Waals surface area (Å²) in [5, 5.41) is 73.6. The minimum absolute atomic E-state index is 0.0366. The molecular formula is C30H24O12. The van der Waals surface area contributed by atoms with Gasteiger partial charge in [-0.15, -0.1) is 0 Å². The van der Waals surface area contributed by atoms with Gasteiger partial charge in [0.25, 0.3) is 0 Å². The molecule has 42 heavy (non-hydrogen) atoms. The molecule has 216 valence electrons. The van der Waals surface area contributed by atoms with Gasteiger partial charge in [-0.05, 0) is 23.8 Å². The van der Waals surface area contributed by atoms with E-state index in [1.165, 1.54) is 36.4 Å². The van der Waals surface area contributed by atoms with E-state index < -0.39 is 47.3 Å². The number of phenols is 5. The highest BCUT2D eigenvalue weighted by Crippen LogP contribution is 2.62. The molecule has 0 radical (unpaired) electrons. The number of hydrogen-bond donors (Lipinski definition) is 7. The summed E-state index contributed by atoms with van der Waals surface area (Å²) in [6.07, 6.45) is -3.23. The Hall–Kier alpha value is -4.65. The van der Waals surface area contributed by atoms with E-state index in [4.69, 9.17) is 18.9 Å². The molecule has 12 heteroatoms. The number of carbonyl (C=O) groups excluding carboxylic acids is 1. The fourth-order valence-electron chi connectivity index (χ4n) is 6.94. The Kier molecular flexibility index (Phi) is 4.78. The third-order valence-electron chi connectivity index (χ3n) is 8.81. The van der Waals surface area contributed by atoms with Crippen molar-refractivity contribution in [1.82, 2.24) is 0 Å². The molecule has 12 nitrogen and oxygen atoms in total. The van der Waals surface area contributed by atoms with Crippen LogP contribution in [-0.2, 0) is 22.4 Å². The second-order valence-corrected chi connectivity index (χ2v) is 11.4. The van der Waals surface area contributed by atoms with Crippen molar-refractivity contribution in [3.8, 4) is 46.0 Å². The maximum atomic E-state index is 13.3. The molecule has 1 aliphatic carbocycles. The van der Waals surface area contributed by atoms with Crippen molar-refractivity contribution in [3.05, 3.63) is 64.7 Å². The summed E-state index contributed by atoms with van der Waals surface area (Å²) in [7, 11) is 0. The molecule has 8 rings (SSSR count). The van der Waals surface area contributed by atoms with Gasteiger partial charge in [-0.3, -0.25) is 4.79 Å². The third-order valence-corrected chi connectivity index (χ3v) is 8.81. The number of benzene rings is 3. The first-order valence-corrected chi connectivity index (χ1v) is 13.3. The molecule has 4 heterocycles. The van der Waals surface area contributed by atoms with E-state index in [1.807, 2.05) is 0 Å². The summed E-state index contributed by atoms with van der Waals surface area (Å²) in [6.45, 7) is 0. The molecule has 1 saturated heterocycles. The van der Waals surface area contributed by atoms with Gasteiger partial charge < -0.3 is 54.7 Å². The van der Waals surface area contributed by atoms with Crippen molar-refractivity contribution < 1.29 is 59.5 Å². The first-order chi connectivity index (χ1) is 20.0. The van der Waals surface area contributed by atoms with Gasteiger partial charge in [0.1, 0.15) is 46.7 Å². The lowest BCUT2D eigenvalue weighted by Crippen LogP contribution is -2.70. The van der Waals surface area contributed by atoms with Crippen LogP contribution in [0.15, 0.2) is 42.5 Å². The van der Waals surface area contributed by atoms with Gasteiger partial charge in [-0.2, -0.15) is 0 Å². The van der Waals surface area contributed by atoms with Gasteiger partial charge >= 0.3 is 0 Å². The summed E-state index contributed by atoms with van der Waals surface area (Å²) in [6, 6.07) is 7.87.